The zero-order valence-corrected chi connectivity index (χ0v) is 13.1. The minimum Gasteiger partial charge on any atom is -0.493 e. The van der Waals surface area contributed by atoms with Gasteiger partial charge in [-0.1, -0.05) is 26.0 Å². The maximum atomic E-state index is 6.56. The second-order valence-electron chi connectivity index (χ2n) is 6.29. The van der Waals surface area contributed by atoms with Crippen LogP contribution in [0, 0.1) is 17.8 Å². The van der Waals surface area contributed by atoms with E-state index in [1.54, 1.807) is 14.2 Å². The second-order valence-corrected chi connectivity index (χ2v) is 6.29. The highest BCUT2D eigenvalue weighted by Gasteiger charge is 2.30. The molecule has 0 heterocycles. The van der Waals surface area contributed by atoms with Crippen LogP contribution >= 0.6 is 0 Å². The van der Waals surface area contributed by atoms with Gasteiger partial charge in [0.25, 0.3) is 0 Å². The summed E-state index contributed by atoms with van der Waals surface area (Å²) < 4.78 is 10.9. The van der Waals surface area contributed by atoms with E-state index in [1.807, 2.05) is 12.1 Å². The van der Waals surface area contributed by atoms with Crippen LogP contribution in [0.4, 0.5) is 0 Å². The third-order valence-corrected chi connectivity index (χ3v) is 4.52. The number of benzene rings is 1. The summed E-state index contributed by atoms with van der Waals surface area (Å²) in [5.41, 5.74) is 7.63. The van der Waals surface area contributed by atoms with Gasteiger partial charge >= 0.3 is 0 Å². The van der Waals surface area contributed by atoms with Gasteiger partial charge in [-0.05, 0) is 43.1 Å². The maximum absolute atomic E-state index is 6.56. The van der Waals surface area contributed by atoms with Crippen molar-refractivity contribution in [1.82, 2.24) is 0 Å². The van der Waals surface area contributed by atoms with Gasteiger partial charge in [0, 0.05) is 11.6 Å². The fourth-order valence-corrected chi connectivity index (χ4v) is 3.73. The Labute approximate surface area is 122 Å². The van der Waals surface area contributed by atoms with Crippen molar-refractivity contribution in [3.8, 4) is 11.5 Å². The van der Waals surface area contributed by atoms with Gasteiger partial charge in [-0.25, -0.2) is 0 Å². The van der Waals surface area contributed by atoms with Crippen LogP contribution in [0.1, 0.15) is 44.7 Å². The first-order valence-electron chi connectivity index (χ1n) is 7.53. The average Bonchev–Trinajstić information content (AvgIpc) is 2.44. The normalized spacial score (nSPS) is 27.9. The van der Waals surface area contributed by atoms with E-state index in [2.05, 4.69) is 19.9 Å². The van der Waals surface area contributed by atoms with Gasteiger partial charge in [-0.3, -0.25) is 0 Å². The molecule has 0 aliphatic heterocycles. The minimum absolute atomic E-state index is 0.0187. The Kier molecular flexibility index (Phi) is 4.92. The Morgan fingerprint density at radius 2 is 1.70 bits per heavy atom. The number of nitrogens with two attached hydrogens (primary N) is 1. The lowest BCUT2D eigenvalue weighted by Crippen LogP contribution is -2.29. The van der Waals surface area contributed by atoms with Gasteiger partial charge in [0.1, 0.15) is 0 Å². The molecule has 0 aromatic heterocycles. The number of rotatable bonds is 4. The van der Waals surface area contributed by atoms with Crippen LogP contribution in [0.25, 0.3) is 0 Å². The fourth-order valence-electron chi connectivity index (χ4n) is 3.73. The summed E-state index contributed by atoms with van der Waals surface area (Å²) in [7, 11) is 3.35. The second kappa shape index (κ2) is 6.49. The predicted octanol–water partition coefficient (Wildman–Crippen LogP) is 3.78. The zero-order chi connectivity index (χ0) is 14.7. The number of para-hydroxylation sites is 1. The van der Waals surface area contributed by atoms with Crippen molar-refractivity contribution in [2.45, 2.75) is 39.2 Å². The molecule has 1 aliphatic rings. The summed E-state index contributed by atoms with van der Waals surface area (Å²) in [5.74, 6) is 3.58. The molecule has 2 rings (SSSR count). The van der Waals surface area contributed by atoms with Crippen LogP contribution in [-0.2, 0) is 0 Å². The zero-order valence-electron chi connectivity index (χ0n) is 13.1. The summed E-state index contributed by atoms with van der Waals surface area (Å²) in [6.45, 7) is 4.66. The molecule has 1 aromatic rings. The molecule has 112 valence electrons. The van der Waals surface area contributed by atoms with Crippen LogP contribution in [0.15, 0.2) is 18.2 Å². The summed E-state index contributed by atoms with van der Waals surface area (Å²) in [6, 6.07) is 5.99. The Morgan fingerprint density at radius 1 is 1.05 bits per heavy atom. The van der Waals surface area contributed by atoms with Crippen molar-refractivity contribution in [2.75, 3.05) is 14.2 Å². The standard InChI is InChI=1S/C17H27NO2/c1-11-8-12(2)10-13(9-11)16(18)14-6-5-7-15(19-3)17(14)20-4/h5-7,11-13,16H,8-10,18H2,1-4H3. The highest BCUT2D eigenvalue weighted by Crippen LogP contribution is 2.42. The van der Waals surface area contributed by atoms with Crippen molar-refractivity contribution in [3.05, 3.63) is 23.8 Å². The van der Waals surface area contributed by atoms with E-state index in [-0.39, 0.29) is 6.04 Å². The van der Waals surface area contributed by atoms with Crippen molar-refractivity contribution in [3.63, 3.8) is 0 Å². The molecular weight excluding hydrogens is 250 g/mol. The lowest BCUT2D eigenvalue weighted by molar-refractivity contribution is 0.191. The van der Waals surface area contributed by atoms with E-state index in [9.17, 15) is 0 Å². The van der Waals surface area contributed by atoms with E-state index in [1.165, 1.54) is 19.3 Å². The molecule has 0 amide bonds. The maximum Gasteiger partial charge on any atom is 0.165 e. The van der Waals surface area contributed by atoms with Crippen molar-refractivity contribution < 1.29 is 9.47 Å². The van der Waals surface area contributed by atoms with Gasteiger partial charge in [0.15, 0.2) is 11.5 Å². The van der Waals surface area contributed by atoms with Crippen LogP contribution in [0.2, 0.25) is 0 Å². The fraction of sp³-hybridized carbons (Fsp3) is 0.647. The Morgan fingerprint density at radius 3 is 2.25 bits per heavy atom. The predicted molar refractivity (Wildman–Crippen MR) is 82.1 cm³/mol. The Hall–Kier alpha value is -1.22. The topological polar surface area (TPSA) is 44.5 Å². The average molecular weight is 277 g/mol. The summed E-state index contributed by atoms with van der Waals surface area (Å²) >= 11 is 0. The van der Waals surface area contributed by atoms with Gasteiger partial charge in [-0.2, -0.15) is 0 Å². The molecule has 0 spiro atoms. The molecule has 1 fully saturated rings. The SMILES string of the molecule is COc1cccc(C(N)C2CC(C)CC(C)C2)c1OC. The van der Waals surface area contributed by atoms with Gasteiger partial charge in [0.2, 0.25) is 0 Å². The molecule has 3 nitrogen and oxygen atoms in total. The van der Waals surface area contributed by atoms with E-state index in [0.29, 0.717) is 5.92 Å². The molecule has 0 radical (unpaired) electrons. The number of hydrogen-bond donors (Lipinski definition) is 1. The van der Waals surface area contributed by atoms with Crippen molar-refractivity contribution in [1.29, 1.82) is 0 Å². The van der Waals surface area contributed by atoms with Crippen molar-refractivity contribution >= 4 is 0 Å². The first-order valence-corrected chi connectivity index (χ1v) is 7.53. The largest absolute Gasteiger partial charge is 0.493 e. The first-order chi connectivity index (χ1) is 9.56. The minimum atomic E-state index is 0.0187. The third-order valence-electron chi connectivity index (χ3n) is 4.52. The lowest BCUT2D eigenvalue weighted by Gasteiger charge is -2.35. The lowest BCUT2D eigenvalue weighted by atomic mass is 9.72. The third kappa shape index (κ3) is 3.09. The van der Waals surface area contributed by atoms with Gasteiger partial charge in [0.05, 0.1) is 14.2 Å². The van der Waals surface area contributed by atoms with Crippen LogP contribution < -0.4 is 15.2 Å². The molecule has 3 atom stereocenters. The molecule has 3 heteroatoms. The smallest absolute Gasteiger partial charge is 0.165 e. The quantitative estimate of drug-likeness (QED) is 0.911. The van der Waals surface area contributed by atoms with Crippen molar-refractivity contribution in [2.24, 2.45) is 23.5 Å². The van der Waals surface area contributed by atoms with Gasteiger partial charge < -0.3 is 15.2 Å². The Balaban J connectivity index is 2.26. The van der Waals surface area contributed by atoms with Crippen LogP contribution in [-0.4, -0.2) is 14.2 Å². The molecular formula is C17H27NO2. The highest BCUT2D eigenvalue weighted by atomic mass is 16.5. The molecule has 1 saturated carbocycles. The molecule has 1 aliphatic carbocycles. The van der Waals surface area contributed by atoms with E-state index in [4.69, 9.17) is 15.2 Å². The monoisotopic (exact) mass is 277 g/mol. The summed E-state index contributed by atoms with van der Waals surface area (Å²) in [4.78, 5) is 0. The van der Waals surface area contributed by atoms with E-state index < -0.39 is 0 Å². The number of hydrogen-bond acceptors (Lipinski definition) is 3. The van der Waals surface area contributed by atoms with Crippen LogP contribution in [0.5, 0.6) is 11.5 Å². The number of ether oxygens (including phenoxy) is 2. The summed E-state index contributed by atoms with van der Waals surface area (Å²) in [6.07, 6.45) is 3.72. The molecule has 0 saturated heterocycles. The van der Waals surface area contributed by atoms with Crippen LogP contribution in [0.3, 0.4) is 0 Å². The molecule has 20 heavy (non-hydrogen) atoms. The number of methoxy groups -OCH3 is 2. The molecule has 0 bridgehead atoms. The molecule has 2 N–H and O–H groups in total. The van der Waals surface area contributed by atoms with Gasteiger partial charge in [-0.15, -0.1) is 0 Å². The first kappa shape index (κ1) is 15.2. The Bertz CT molecular complexity index is 437. The van der Waals surface area contributed by atoms with E-state index in [0.717, 1.165) is 28.9 Å². The van der Waals surface area contributed by atoms with E-state index >= 15 is 0 Å². The summed E-state index contributed by atoms with van der Waals surface area (Å²) in [5, 5.41) is 0. The molecule has 1 aromatic carbocycles. The molecule has 3 unspecified atom stereocenters. The highest BCUT2D eigenvalue weighted by molar-refractivity contribution is 5.48.